The number of rotatable bonds is 2. The fourth-order valence-corrected chi connectivity index (χ4v) is 4.82. The van der Waals surface area contributed by atoms with Gasteiger partial charge in [0.2, 0.25) is 0 Å². The van der Waals surface area contributed by atoms with E-state index in [2.05, 4.69) is 11.4 Å². The Hall–Kier alpha value is -0.190. The maximum absolute atomic E-state index is 13.7. The van der Waals surface area contributed by atoms with E-state index in [9.17, 15) is 4.39 Å². The Morgan fingerprint density at radius 2 is 2.18 bits per heavy atom. The average molecular weight is 269 g/mol. The molecule has 1 aromatic rings. The molecule has 0 radical (unpaired) electrons. The van der Waals surface area contributed by atoms with Crippen LogP contribution in [0.3, 0.4) is 0 Å². The van der Waals surface area contributed by atoms with E-state index in [4.69, 9.17) is 0 Å². The minimum Gasteiger partial charge on any atom is -0.306 e. The van der Waals surface area contributed by atoms with Crippen molar-refractivity contribution in [1.29, 1.82) is 0 Å². The van der Waals surface area contributed by atoms with Crippen molar-refractivity contribution in [2.24, 2.45) is 0 Å². The number of hydrogen-bond acceptors (Lipinski definition) is 3. The van der Waals surface area contributed by atoms with Crippen molar-refractivity contribution in [2.45, 2.75) is 29.8 Å². The van der Waals surface area contributed by atoms with Gasteiger partial charge in [0.05, 0.1) is 0 Å². The molecule has 4 heteroatoms. The number of halogens is 1. The van der Waals surface area contributed by atoms with Gasteiger partial charge in [0.15, 0.2) is 0 Å². The topological polar surface area (TPSA) is 12.0 Å². The first-order valence-electron chi connectivity index (χ1n) is 6.09. The molecule has 1 fully saturated rings. The van der Waals surface area contributed by atoms with Crippen LogP contribution in [0.1, 0.15) is 24.4 Å². The van der Waals surface area contributed by atoms with E-state index in [1.54, 1.807) is 17.8 Å². The molecule has 17 heavy (non-hydrogen) atoms. The van der Waals surface area contributed by atoms with Crippen LogP contribution in [0.15, 0.2) is 23.1 Å². The first kappa shape index (κ1) is 11.9. The molecule has 3 rings (SSSR count). The monoisotopic (exact) mass is 269 g/mol. The molecule has 0 saturated carbocycles. The van der Waals surface area contributed by atoms with Gasteiger partial charge >= 0.3 is 0 Å². The summed E-state index contributed by atoms with van der Waals surface area (Å²) in [6, 6.07) is 6.44. The van der Waals surface area contributed by atoms with Gasteiger partial charge in [0, 0.05) is 22.7 Å². The summed E-state index contributed by atoms with van der Waals surface area (Å²) in [6.07, 6.45) is 2.36. The molecule has 1 saturated heterocycles. The van der Waals surface area contributed by atoms with E-state index in [-0.39, 0.29) is 5.82 Å². The molecule has 1 N–H and O–H groups in total. The first-order valence-corrected chi connectivity index (χ1v) is 8.23. The molecule has 0 bridgehead atoms. The van der Waals surface area contributed by atoms with Crippen LogP contribution in [0, 0.1) is 5.82 Å². The summed E-state index contributed by atoms with van der Waals surface area (Å²) >= 11 is 3.67. The van der Waals surface area contributed by atoms with Crippen molar-refractivity contribution < 1.29 is 4.39 Å². The van der Waals surface area contributed by atoms with Gasteiger partial charge in [-0.25, -0.2) is 4.39 Å². The van der Waals surface area contributed by atoms with Crippen LogP contribution >= 0.6 is 23.5 Å². The Labute approximate surface area is 110 Å². The second-order valence-electron chi connectivity index (χ2n) is 4.58. The standard InChI is InChI=1S/C13H16FNS2/c14-11-3-1-2-10-12(5-7-17-13(10)11)15-9-4-6-16-8-9/h1-3,9,12,15H,4-8H2. The van der Waals surface area contributed by atoms with E-state index in [0.717, 1.165) is 22.6 Å². The first-order chi connectivity index (χ1) is 8.34. The zero-order valence-electron chi connectivity index (χ0n) is 9.62. The fourth-order valence-electron chi connectivity index (χ4n) is 2.51. The summed E-state index contributed by atoms with van der Waals surface area (Å²) in [4.78, 5) is 0.863. The third kappa shape index (κ3) is 2.49. The van der Waals surface area contributed by atoms with Gasteiger partial charge < -0.3 is 5.32 Å². The second-order valence-corrected chi connectivity index (χ2v) is 6.83. The smallest absolute Gasteiger partial charge is 0.137 e. The van der Waals surface area contributed by atoms with Gasteiger partial charge in [0.25, 0.3) is 0 Å². The van der Waals surface area contributed by atoms with Crippen LogP contribution in [-0.2, 0) is 0 Å². The predicted molar refractivity (Wildman–Crippen MR) is 73.3 cm³/mol. The molecule has 1 nitrogen and oxygen atoms in total. The SMILES string of the molecule is Fc1cccc2c1SCCC2NC1CCSC1. The van der Waals surface area contributed by atoms with Crippen LogP contribution in [0.5, 0.6) is 0 Å². The number of thioether (sulfide) groups is 2. The van der Waals surface area contributed by atoms with Gasteiger partial charge in [0.1, 0.15) is 5.82 Å². The number of benzene rings is 1. The lowest BCUT2D eigenvalue weighted by molar-refractivity contribution is 0.439. The molecule has 0 amide bonds. The highest BCUT2D eigenvalue weighted by molar-refractivity contribution is 7.99. The van der Waals surface area contributed by atoms with Gasteiger partial charge in [-0.1, -0.05) is 12.1 Å². The quantitative estimate of drug-likeness (QED) is 0.883. The highest BCUT2D eigenvalue weighted by Gasteiger charge is 2.26. The van der Waals surface area contributed by atoms with Crippen molar-refractivity contribution in [3.05, 3.63) is 29.6 Å². The van der Waals surface area contributed by atoms with Gasteiger partial charge in [-0.05, 0) is 36.0 Å². The molecular formula is C13H16FNS2. The largest absolute Gasteiger partial charge is 0.306 e. The molecule has 2 aliphatic heterocycles. The predicted octanol–water partition coefficient (Wildman–Crippen LogP) is 3.46. The Morgan fingerprint density at radius 3 is 3.00 bits per heavy atom. The van der Waals surface area contributed by atoms with E-state index in [0.29, 0.717) is 12.1 Å². The van der Waals surface area contributed by atoms with Crippen molar-refractivity contribution in [2.75, 3.05) is 17.3 Å². The lowest BCUT2D eigenvalue weighted by atomic mass is 10.0. The highest BCUT2D eigenvalue weighted by atomic mass is 32.2. The Bertz CT molecular complexity index is 404. The summed E-state index contributed by atoms with van der Waals surface area (Å²) in [7, 11) is 0. The van der Waals surface area contributed by atoms with Crippen LogP contribution in [-0.4, -0.2) is 23.3 Å². The van der Waals surface area contributed by atoms with Crippen LogP contribution in [0.4, 0.5) is 4.39 Å². The Balaban J connectivity index is 1.81. The molecular weight excluding hydrogens is 253 g/mol. The Kier molecular flexibility index (Phi) is 3.64. The van der Waals surface area contributed by atoms with E-state index in [1.165, 1.54) is 17.9 Å². The van der Waals surface area contributed by atoms with Gasteiger partial charge in [-0.15, -0.1) is 11.8 Å². The van der Waals surface area contributed by atoms with Crippen molar-refractivity contribution in [3.8, 4) is 0 Å². The van der Waals surface area contributed by atoms with Crippen LogP contribution < -0.4 is 5.32 Å². The molecule has 1 aromatic carbocycles. The molecule has 2 aliphatic rings. The average Bonchev–Trinajstić information content (AvgIpc) is 2.83. The molecule has 92 valence electrons. The number of hydrogen-bond donors (Lipinski definition) is 1. The normalized spacial score (nSPS) is 28.1. The lowest BCUT2D eigenvalue weighted by Crippen LogP contribution is -2.34. The zero-order chi connectivity index (χ0) is 11.7. The maximum atomic E-state index is 13.7. The molecule has 0 aromatic heterocycles. The van der Waals surface area contributed by atoms with E-state index >= 15 is 0 Å². The minimum absolute atomic E-state index is 0.0557. The van der Waals surface area contributed by atoms with Gasteiger partial charge in [-0.2, -0.15) is 11.8 Å². The molecule has 2 heterocycles. The Morgan fingerprint density at radius 1 is 1.24 bits per heavy atom. The second kappa shape index (κ2) is 5.21. The van der Waals surface area contributed by atoms with Crippen LogP contribution in [0.25, 0.3) is 0 Å². The van der Waals surface area contributed by atoms with E-state index < -0.39 is 0 Å². The summed E-state index contributed by atoms with van der Waals surface area (Å²) < 4.78 is 13.7. The lowest BCUT2D eigenvalue weighted by Gasteiger charge is -2.28. The fraction of sp³-hybridized carbons (Fsp3) is 0.538. The zero-order valence-corrected chi connectivity index (χ0v) is 11.2. The van der Waals surface area contributed by atoms with E-state index in [1.807, 2.05) is 17.8 Å². The summed E-state index contributed by atoms with van der Waals surface area (Å²) in [5.41, 5.74) is 1.16. The number of fused-ring (bicyclic) bond motifs is 1. The molecule has 0 spiro atoms. The van der Waals surface area contributed by atoms with Crippen LogP contribution in [0.2, 0.25) is 0 Å². The summed E-state index contributed by atoms with van der Waals surface area (Å²) in [5, 5.41) is 3.70. The third-order valence-corrected chi connectivity index (χ3v) is 5.71. The van der Waals surface area contributed by atoms with Crippen molar-refractivity contribution >= 4 is 23.5 Å². The summed E-state index contributed by atoms with van der Waals surface area (Å²) in [6.45, 7) is 0. The number of nitrogens with one attached hydrogen (secondary N) is 1. The molecule has 2 unspecified atom stereocenters. The molecule has 2 atom stereocenters. The van der Waals surface area contributed by atoms with Crippen molar-refractivity contribution in [1.82, 2.24) is 5.32 Å². The van der Waals surface area contributed by atoms with Gasteiger partial charge in [-0.3, -0.25) is 0 Å². The maximum Gasteiger partial charge on any atom is 0.137 e. The van der Waals surface area contributed by atoms with Crippen molar-refractivity contribution in [3.63, 3.8) is 0 Å². The molecule has 0 aliphatic carbocycles. The highest BCUT2D eigenvalue weighted by Crippen LogP contribution is 2.38. The summed E-state index contributed by atoms with van der Waals surface area (Å²) in [5.74, 6) is 3.43. The minimum atomic E-state index is -0.0557. The third-order valence-electron chi connectivity index (χ3n) is 3.39.